The van der Waals surface area contributed by atoms with Crippen molar-refractivity contribution in [3.8, 4) is 5.75 Å². The molecule has 0 unspecified atom stereocenters. The number of nitrogens with zero attached hydrogens (tertiary/aromatic N) is 1. The van der Waals surface area contributed by atoms with Crippen molar-refractivity contribution in [3.05, 3.63) is 18.2 Å². The predicted octanol–water partition coefficient (Wildman–Crippen LogP) is 0.440. The van der Waals surface area contributed by atoms with Gasteiger partial charge in [0.1, 0.15) is 12.4 Å². The molecule has 5 heteroatoms. The minimum Gasteiger partial charge on any atom is -0.489 e. The zero-order valence-corrected chi connectivity index (χ0v) is 10.6. The van der Waals surface area contributed by atoms with Crippen LogP contribution in [0.5, 0.6) is 5.75 Å². The van der Waals surface area contributed by atoms with Crippen LogP contribution in [-0.4, -0.2) is 44.5 Å². The zero-order chi connectivity index (χ0) is 12.8. The summed E-state index contributed by atoms with van der Waals surface area (Å²) in [6.07, 6.45) is 1.05. The second-order valence-corrected chi connectivity index (χ2v) is 4.39. The number of nitrogens with one attached hydrogen (secondary N) is 1. The molecule has 2 rings (SSSR count). The monoisotopic (exact) mass is 251 g/mol. The van der Waals surface area contributed by atoms with Crippen LogP contribution in [0.4, 0.5) is 11.4 Å². The minimum absolute atomic E-state index is 0.194. The van der Waals surface area contributed by atoms with E-state index in [4.69, 9.17) is 15.6 Å². The second-order valence-electron chi connectivity index (χ2n) is 4.39. The van der Waals surface area contributed by atoms with E-state index in [9.17, 15) is 0 Å². The Labute approximate surface area is 108 Å². The molecule has 0 aromatic heterocycles. The Morgan fingerprint density at radius 1 is 1.39 bits per heavy atom. The molecular weight excluding hydrogens is 230 g/mol. The number of benzene rings is 1. The highest BCUT2D eigenvalue weighted by Gasteiger charge is 2.17. The number of aliphatic hydroxyl groups is 1. The van der Waals surface area contributed by atoms with Crippen molar-refractivity contribution in [2.24, 2.45) is 0 Å². The van der Waals surface area contributed by atoms with Crippen molar-refractivity contribution >= 4 is 11.4 Å². The third-order valence-corrected chi connectivity index (χ3v) is 3.01. The van der Waals surface area contributed by atoms with Crippen molar-refractivity contribution in [2.75, 3.05) is 50.0 Å². The summed E-state index contributed by atoms with van der Waals surface area (Å²) in [5.41, 5.74) is 7.61. The van der Waals surface area contributed by atoms with Crippen LogP contribution >= 0.6 is 0 Å². The Kier molecular flexibility index (Phi) is 4.66. The maximum absolute atomic E-state index is 8.67. The molecule has 5 nitrogen and oxygen atoms in total. The number of fused-ring (bicyclic) bond motifs is 1. The lowest BCUT2D eigenvalue weighted by molar-refractivity contribution is 0.291. The van der Waals surface area contributed by atoms with Gasteiger partial charge in [-0.3, -0.25) is 0 Å². The fourth-order valence-electron chi connectivity index (χ4n) is 2.13. The number of ether oxygens (including phenoxy) is 1. The van der Waals surface area contributed by atoms with Gasteiger partial charge in [0.05, 0.1) is 18.8 Å². The smallest absolute Gasteiger partial charge is 0.144 e. The van der Waals surface area contributed by atoms with E-state index in [2.05, 4.69) is 10.2 Å². The first-order valence-corrected chi connectivity index (χ1v) is 6.40. The Hall–Kier alpha value is -1.46. The normalized spacial score (nSPS) is 14.2. The Morgan fingerprint density at radius 2 is 2.28 bits per heavy atom. The van der Waals surface area contributed by atoms with E-state index >= 15 is 0 Å². The van der Waals surface area contributed by atoms with E-state index in [1.54, 1.807) is 0 Å². The lowest BCUT2D eigenvalue weighted by Crippen LogP contribution is -2.35. The van der Waals surface area contributed by atoms with Gasteiger partial charge in [0.25, 0.3) is 0 Å². The molecule has 0 bridgehead atoms. The number of hydrogen-bond donors (Lipinski definition) is 3. The topological polar surface area (TPSA) is 70.8 Å². The van der Waals surface area contributed by atoms with E-state index in [0.29, 0.717) is 13.2 Å². The number of anilines is 2. The lowest BCUT2D eigenvalue weighted by atomic mass is 10.2. The van der Waals surface area contributed by atoms with Gasteiger partial charge in [-0.1, -0.05) is 0 Å². The van der Waals surface area contributed by atoms with Gasteiger partial charge in [-0.15, -0.1) is 0 Å². The summed E-state index contributed by atoms with van der Waals surface area (Å²) in [6, 6.07) is 5.81. The van der Waals surface area contributed by atoms with Crippen LogP contribution in [0, 0.1) is 0 Å². The van der Waals surface area contributed by atoms with Crippen molar-refractivity contribution < 1.29 is 9.84 Å². The Morgan fingerprint density at radius 3 is 3.11 bits per heavy atom. The summed E-state index contributed by atoms with van der Waals surface area (Å²) in [5.74, 6) is 0.879. The highest BCUT2D eigenvalue weighted by Crippen LogP contribution is 2.33. The zero-order valence-electron chi connectivity index (χ0n) is 10.6. The van der Waals surface area contributed by atoms with Crippen LogP contribution < -0.4 is 20.7 Å². The molecule has 1 heterocycles. The maximum atomic E-state index is 8.67. The predicted molar refractivity (Wildman–Crippen MR) is 73.1 cm³/mol. The molecule has 0 saturated heterocycles. The highest BCUT2D eigenvalue weighted by molar-refractivity contribution is 5.64. The van der Waals surface area contributed by atoms with Crippen molar-refractivity contribution in [1.82, 2.24) is 5.32 Å². The number of nitrogens with two attached hydrogens (primary N) is 1. The molecule has 1 aromatic carbocycles. The lowest BCUT2D eigenvalue weighted by Gasteiger charge is -2.31. The number of nitrogen functional groups attached to an aromatic ring is 1. The highest BCUT2D eigenvalue weighted by atomic mass is 16.5. The van der Waals surface area contributed by atoms with Crippen LogP contribution in [-0.2, 0) is 0 Å². The van der Waals surface area contributed by atoms with Gasteiger partial charge in [0.15, 0.2) is 0 Å². The van der Waals surface area contributed by atoms with Gasteiger partial charge in [-0.05, 0) is 25.1 Å². The molecule has 1 aliphatic heterocycles. The third-order valence-electron chi connectivity index (χ3n) is 3.01. The van der Waals surface area contributed by atoms with Gasteiger partial charge in [-0.25, -0.2) is 0 Å². The van der Waals surface area contributed by atoms with Crippen LogP contribution in [0.3, 0.4) is 0 Å². The van der Waals surface area contributed by atoms with E-state index in [1.807, 2.05) is 18.2 Å². The van der Waals surface area contributed by atoms with Crippen molar-refractivity contribution in [2.45, 2.75) is 6.42 Å². The largest absolute Gasteiger partial charge is 0.489 e. The molecule has 0 fully saturated rings. The van der Waals surface area contributed by atoms with Gasteiger partial charge < -0.3 is 25.8 Å². The molecule has 18 heavy (non-hydrogen) atoms. The average molecular weight is 251 g/mol. The second kappa shape index (κ2) is 6.47. The third kappa shape index (κ3) is 3.27. The van der Waals surface area contributed by atoms with E-state index in [-0.39, 0.29) is 6.61 Å². The first-order valence-electron chi connectivity index (χ1n) is 6.40. The van der Waals surface area contributed by atoms with Gasteiger partial charge in [-0.2, -0.15) is 0 Å². The quantitative estimate of drug-likeness (QED) is 0.505. The summed E-state index contributed by atoms with van der Waals surface area (Å²) < 4.78 is 5.61. The molecule has 0 radical (unpaired) electrons. The molecule has 0 aliphatic carbocycles. The molecule has 1 aromatic rings. The Bertz CT molecular complexity index is 384. The summed E-state index contributed by atoms with van der Waals surface area (Å²) in [6.45, 7) is 4.38. The van der Waals surface area contributed by atoms with E-state index in [0.717, 1.165) is 43.2 Å². The van der Waals surface area contributed by atoms with E-state index in [1.165, 1.54) is 0 Å². The first-order chi connectivity index (χ1) is 8.81. The molecular formula is C13H21N3O2. The number of rotatable bonds is 6. The Balaban J connectivity index is 1.88. The maximum Gasteiger partial charge on any atom is 0.144 e. The first kappa shape index (κ1) is 13.0. The summed E-state index contributed by atoms with van der Waals surface area (Å²) in [4.78, 5) is 2.32. The van der Waals surface area contributed by atoms with Crippen molar-refractivity contribution in [3.63, 3.8) is 0 Å². The minimum atomic E-state index is 0.194. The standard InChI is InChI=1S/C13H21N3O2/c14-11-2-3-12-13(10-11)18-9-7-16(12)6-1-4-15-5-8-17/h2-3,10,15,17H,1,4-9,14H2. The molecule has 100 valence electrons. The fourth-order valence-corrected chi connectivity index (χ4v) is 2.13. The molecule has 0 spiro atoms. The SMILES string of the molecule is Nc1ccc2c(c1)OCCN2CCCNCCO. The number of aliphatic hydroxyl groups excluding tert-OH is 1. The number of hydrogen-bond acceptors (Lipinski definition) is 5. The molecule has 4 N–H and O–H groups in total. The van der Waals surface area contributed by atoms with Crippen LogP contribution in [0.1, 0.15) is 6.42 Å². The van der Waals surface area contributed by atoms with Gasteiger partial charge >= 0.3 is 0 Å². The summed E-state index contributed by atoms with van der Waals surface area (Å²) >= 11 is 0. The average Bonchev–Trinajstić information content (AvgIpc) is 2.38. The van der Waals surface area contributed by atoms with Crippen LogP contribution in [0.2, 0.25) is 0 Å². The summed E-state index contributed by atoms with van der Waals surface area (Å²) in [5, 5.41) is 11.8. The van der Waals surface area contributed by atoms with E-state index < -0.39 is 0 Å². The van der Waals surface area contributed by atoms with Gasteiger partial charge in [0.2, 0.25) is 0 Å². The molecule has 0 amide bonds. The van der Waals surface area contributed by atoms with Crippen molar-refractivity contribution in [1.29, 1.82) is 0 Å². The molecule has 0 saturated carbocycles. The fraction of sp³-hybridized carbons (Fsp3) is 0.538. The van der Waals surface area contributed by atoms with Crippen LogP contribution in [0.25, 0.3) is 0 Å². The molecule has 1 aliphatic rings. The van der Waals surface area contributed by atoms with Gasteiger partial charge in [0, 0.05) is 24.8 Å². The molecule has 0 atom stereocenters. The summed E-state index contributed by atoms with van der Waals surface area (Å²) in [7, 11) is 0. The van der Waals surface area contributed by atoms with Crippen LogP contribution in [0.15, 0.2) is 18.2 Å².